The van der Waals surface area contributed by atoms with Crippen molar-refractivity contribution in [1.82, 2.24) is 14.6 Å². The first-order valence-corrected chi connectivity index (χ1v) is 11.2. The summed E-state index contributed by atoms with van der Waals surface area (Å²) in [5, 5.41) is 7.12. The first kappa shape index (κ1) is 24.1. The van der Waals surface area contributed by atoms with Gasteiger partial charge in [0.1, 0.15) is 11.5 Å². The maximum absolute atomic E-state index is 12.9. The summed E-state index contributed by atoms with van der Waals surface area (Å²) in [6.07, 6.45) is -1.51. The molecule has 190 valence electrons. The zero-order valence-electron chi connectivity index (χ0n) is 19.4. The van der Waals surface area contributed by atoms with Crippen molar-refractivity contribution in [2.45, 2.75) is 19.2 Å². The number of imidazole rings is 1. The van der Waals surface area contributed by atoms with Gasteiger partial charge in [0.25, 0.3) is 5.91 Å². The van der Waals surface area contributed by atoms with Crippen LogP contribution in [0.5, 0.6) is 17.4 Å². The summed E-state index contributed by atoms with van der Waals surface area (Å²) in [4.78, 5) is 30.5. The van der Waals surface area contributed by atoms with Crippen LogP contribution < -0.4 is 19.7 Å². The molecule has 2 heterocycles. The molecule has 0 bridgehead atoms. The third-order valence-electron chi connectivity index (χ3n) is 5.54. The Bertz CT molecular complexity index is 1480. The Morgan fingerprint density at radius 2 is 1.81 bits per heavy atom. The lowest BCUT2D eigenvalue weighted by atomic mass is 10.1. The molecule has 37 heavy (non-hydrogen) atoms. The zero-order chi connectivity index (χ0) is 26.2. The number of fused-ring (bicyclic) bond motifs is 1. The molecule has 4 aromatic rings. The van der Waals surface area contributed by atoms with Gasteiger partial charge < -0.3 is 19.7 Å². The van der Waals surface area contributed by atoms with Gasteiger partial charge in [-0.3, -0.25) is 9.59 Å². The molecule has 12 heteroatoms. The van der Waals surface area contributed by atoms with E-state index in [1.54, 1.807) is 42.6 Å². The van der Waals surface area contributed by atoms with Crippen LogP contribution in [-0.2, 0) is 4.79 Å². The number of hydrogen-bond donors (Lipinski definition) is 1. The Balaban J connectivity index is 1.30. The predicted octanol–water partition coefficient (Wildman–Crippen LogP) is 5.05. The molecule has 1 saturated carbocycles. The van der Waals surface area contributed by atoms with E-state index in [0.29, 0.717) is 22.9 Å². The Kier molecular flexibility index (Phi) is 6.15. The molecular formula is C25H20F3N5O4. The molecule has 1 N–H and O–H groups in total. The second kappa shape index (κ2) is 9.45. The normalized spacial score (nSPS) is 13.3. The second-order valence-electron chi connectivity index (χ2n) is 8.40. The Morgan fingerprint density at radius 3 is 2.57 bits per heavy atom. The topological polar surface area (TPSA) is 98.1 Å². The maximum atomic E-state index is 12.9. The fraction of sp³-hybridized carbons (Fsp3) is 0.200. The fourth-order valence-corrected chi connectivity index (χ4v) is 3.57. The van der Waals surface area contributed by atoms with Crippen LogP contribution in [0.4, 0.5) is 24.7 Å². The second-order valence-corrected chi connectivity index (χ2v) is 8.40. The minimum Gasteiger partial charge on any atom is -0.438 e. The molecule has 1 aliphatic rings. The smallest absolute Gasteiger partial charge is 0.438 e. The highest BCUT2D eigenvalue weighted by Crippen LogP contribution is 2.30. The van der Waals surface area contributed by atoms with E-state index in [2.05, 4.69) is 20.1 Å². The van der Waals surface area contributed by atoms with E-state index in [-0.39, 0.29) is 23.3 Å². The average Bonchev–Trinajstić information content (AvgIpc) is 3.63. The molecule has 2 amide bonds. The van der Waals surface area contributed by atoms with Crippen LogP contribution in [0.1, 0.15) is 23.2 Å². The number of carbonyl (C=O) groups is 2. The molecule has 1 fully saturated rings. The molecule has 5 rings (SSSR count). The van der Waals surface area contributed by atoms with Gasteiger partial charge in [0.05, 0.1) is 6.20 Å². The Hall–Kier alpha value is -4.61. The van der Waals surface area contributed by atoms with E-state index >= 15 is 0 Å². The van der Waals surface area contributed by atoms with Crippen molar-refractivity contribution >= 4 is 29.0 Å². The van der Waals surface area contributed by atoms with Gasteiger partial charge in [-0.25, -0.2) is 9.50 Å². The van der Waals surface area contributed by atoms with Crippen molar-refractivity contribution in [1.29, 1.82) is 0 Å². The third kappa shape index (κ3) is 5.80. The van der Waals surface area contributed by atoms with E-state index in [1.165, 1.54) is 28.6 Å². The van der Waals surface area contributed by atoms with Gasteiger partial charge in [-0.05, 0) is 49.2 Å². The highest BCUT2D eigenvalue weighted by Gasteiger charge is 2.31. The summed E-state index contributed by atoms with van der Waals surface area (Å²) >= 11 is 0. The van der Waals surface area contributed by atoms with Gasteiger partial charge in [0.15, 0.2) is 11.5 Å². The van der Waals surface area contributed by atoms with Crippen LogP contribution in [0.2, 0.25) is 0 Å². The molecule has 0 spiro atoms. The highest BCUT2D eigenvalue weighted by atomic mass is 19.4. The number of amides is 2. The van der Waals surface area contributed by atoms with E-state index in [9.17, 15) is 22.8 Å². The Morgan fingerprint density at radius 1 is 1.05 bits per heavy atom. The predicted molar refractivity (Wildman–Crippen MR) is 127 cm³/mol. The molecule has 0 aliphatic heterocycles. The number of aromatic nitrogens is 3. The number of benzene rings is 2. The fourth-order valence-electron chi connectivity index (χ4n) is 3.57. The zero-order valence-corrected chi connectivity index (χ0v) is 19.4. The standard InChI is InChI=1S/C25H20F3N5O4/c1-32(24(35)16-4-2-7-19(12-16)37-25(26,27)28)17-5-3-6-18(13-17)36-22-11-10-21-29-20(14-33(21)31-22)30-23(34)15-8-9-15/h2-7,10-15H,8-9H2,1H3,(H,30,34). The minimum atomic E-state index is -4.86. The molecule has 2 aromatic heterocycles. The number of halogens is 3. The summed E-state index contributed by atoms with van der Waals surface area (Å²) in [7, 11) is 1.49. The summed E-state index contributed by atoms with van der Waals surface area (Å²) < 4.78 is 48.8. The molecule has 1 aliphatic carbocycles. The Labute approximate surface area is 208 Å². The first-order valence-electron chi connectivity index (χ1n) is 11.2. The molecule has 9 nitrogen and oxygen atoms in total. The van der Waals surface area contributed by atoms with Crippen LogP contribution in [-0.4, -0.2) is 39.8 Å². The number of nitrogens with one attached hydrogen (secondary N) is 1. The number of carbonyl (C=O) groups excluding carboxylic acids is 2. The van der Waals surface area contributed by atoms with Crippen molar-refractivity contribution in [3.8, 4) is 17.4 Å². The molecule has 0 saturated heterocycles. The number of anilines is 2. The lowest BCUT2D eigenvalue weighted by Gasteiger charge is -2.19. The summed E-state index contributed by atoms with van der Waals surface area (Å²) in [6.45, 7) is 0. The van der Waals surface area contributed by atoms with E-state index in [1.807, 2.05) is 0 Å². The highest BCUT2D eigenvalue weighted by molar-refractivity contribution is 6.06. The van der Waals surface area contributed by atoms with E-state index in [4.69, 9.17) is 4.74 Å². The SMILES string of the molecule is CN(C(=O)c1cccc(OC(F)(F)F)c1)c1cccc(Oc2ccc3nc(NC(=O)C4CC4)cn3n2)c1. The van der Waals surface area contributed by atoms with Crippen molar-refractivity contribution < 1.29 is 32.2 Å². The summed E-state index contributed by atoms with van der Waals surface area (Å²) in [6, 6.07) is 14.7. The molecule has 2 aromatic carbocycles. The van der Waals surface area contributed by atoms with Crippen LogP contribution in [0, 0.1) is 5.92 Å². The van der Waals surface area contributed by atoms with Gasteiger partial charge in [-0.2, -0.15) is 0 Å². The molecular weight excluding hydrogens is 491 g/mol. The van der Waals surface area contributed by atoms with Crippen molar-refractivity contribution in [3.05, 3.63) is 72.4 Å². The molecule has 0 atom stereocenters. The molecule has 0 unspecified atom stereocenters. The summed E-state index contributed by atoms with van der Waals surface area (Å²) in [5.41, 5.74) is 0.986. The van der Waals surface area contributed by atoms with E-state index in [0.717, 1.165) is 25.0 Å². The number of hydrogen-bond acceptors (Lipinski definition) is 6. The van der Waals surface area contributed by atoms with E-state index < -0.39 is 18.0 Å². The number of alkyl halides is 3. The largest absolute Gasteiger partial charge is 0.573 e. The number of nitrogens with zero attached hydrogens (tertiary/aromatic N) is 4. The number of rotatable bonds is 7. The van der Waals surface area contributed by atoms with Crippen molar-refractivity contribution in [2.75, 3.05) is 17.3 Å². The lowest BCUT2D eigenvalue weighted by Crippen LogP contribution is -2.26. The van der Waals surface area contributed by atoms with Gasteiger partial charge in [-0.15, -0.1) is 18.3 Å². The van der Waals surface area contributed by atoms with Gasteiger partial charge in [0, 0.05) is 36.3 Å². The van der Waals surface area contributed by atoms with Crippen LogP contribution in [0.25, 0.3) is 5.65 Å². The average molecular weight is 511 g/mol. The third-order valence-corrected chi connectivity index (χ3v) is 5.54. The van der Waals surface area contributed by atoms with Crippen LogP contribution in [0.15, 0.2) is 66.9 Å². The van der Waals surface area contributed by atoms with Crippen LogP contribution in [0.3, 0.4) is 0 Å². The first-order chi connectivity index (χ1) is 17.6. The minimum absolute atomic E-state index is 0.0207. The van der Waals surface area contributed by atoms with Crippen LogP contribution >= 0.6 is 0 Å². The molecule has 0 radical (unpaired) electrons. The summed E-state index contributed by atoms with van der Waals surface area (Å²) in [5.74, 6) is -0.0216. The maximum Gasteiger partial charge on any atom is 0.573 e. The van der Waals surface area contributed by atoms with Crippen molar-refractivity contribution in [3.63, 3.8) is 0 Å². The quantitative estimate of drug-likeness (QED) is 0.373. The van der Waals surface area contributed by atoms with Gasteiger partial charge in [-0.1, -0.05) is 12.1 Å². The van der Waals surface area contributed by atoms with Gasteiger partial charge >= 0.3 is 6.36 Å². The lowest BCUT2D eigenvalue weighted by molar-refractivity contribution is -0.274. The van der Waals surface area contributed by atoms with Gasteiger partial charge in [0.2, 0.25) is 11.8 Å². The monoisotopic (exact) mass is 511 g/mol. The van der Waals surface area contributed by atoms with Crippen molar-refractivity contribution in [2.24, 2.45) is 5.92 Å². The number of ether oxygens (including phenoxy) is 2.